The van der Waals surface area contributed by atoms with Gasteiger partial charge in [-0.3, -0.25) is 4.79 Å². The van der Waals surface area contributed by atoms with E-state index >= 15 is 0 Å². The summed E-state index contributed by atoms with van der Waals surface area (Å²) in [5.74, 6) is -0.0760. The van der Waals surface area contributed by atoms with Gasteiger partial charge in [-0.1, -0.05) is 30.7 Å². The van der Waals surface area contributed by atoms with Gasteiger partial charge in [-0.25, -0.2) is 0 Å². The van der Waals surface area contributed by atoms with Gasteiger partial charge in [-0.15, -0.1) is 0 Å². The van der Waals surface area contributed by atoms with Crippen LogP contribution in [0.5, 0.6) is 0 Å². The van der Waals surface area contributed by atoms with Gasteiger partial charge >= 0.3 is 0 Å². The molecule has 0 aliphatic carbocycles. The monoisotopic (exact) mass is 311 g/mol. The van der Waals surface area contributed by atoms with E-state index in [9.17, 15) is 9.90 Å². The van der Waals surface area contributed by atoms with E-state index < -0.39 is 5.60 Å². The maximum atomic E-state index is 12.2. The number of ether oxygens (including phenoxy) is 1. The van der Waals surface area contributed by atoms with Gasteiger partial charge < -0.3 is 15.2 Å². The molecule has 1 aliphatic heterocycles. The van der Waals surface area contributed by atoms with Gasteiger partial charge in [0.2, 0.25) is 0 Å². The minimum Gasteiger partial charge on any atom is -0.381 e. The normalized spacial score (nSPS) is 19.0. The van der Waals surface area contributed by atoms with Gasteiger partial charge in [-0.05, 0) is 24.1 Å². The Kier molecular flexibility index (Phi) is 5.62. The highest BCUT2D eigenvalue weighted by atomic mass is 35.5. The molecule has 1 aromatic carbocycles. The van der Waals surface area contributed by atoms with Crippen molar-refractivity contribution in [1.82, 2.24) is 5.32 Å². The lowest BCUT2D eigenvalue weighted by atomic mass is 9.92. The van der Waals surface area contributed by atoms with E-state index in [1.807, 2.05) is 24.3 Å². The van der Waals surface area contributed by atoms with Crippen LogP contribution in [-0.4, -0.2) is 36.4 Å². The Morgan fingerprint density at radius 3 is 2.57 bits per heavy atom. The average Bonchev–Trinajstić information content (AvgIpc) is 2.50. The van der Waals surface area contributed by atoms with Crippen molar-refractivity contribution in [2.45, 2.75) is 37.7 Å². The van der Waals surface area contributed by atoms with Gasteiger partial charge in [0.25, 0.3) is 5.91 Å². The summed E-state index contributed by atoms with van der Waals surface area (Å²) in [7, 11) is 0. The van der Waals surface area contributed by atoms with E-state index in [1.54, 1.807) is 0 Å². The molecule has 1 saturated heterocycles. The molecule has 1 atom stereocenters. The fraction of sp³-hybridized carbons (Fsp3) is 0.562. The number of carbonyl (C=O) groups excluding carboxylic acids is 1. The molecule has 4 nitrogen and oxygen atoms in total. The third-order valence-corrected chi connectivity index (χ3v) is 4.34. The average molecular weight is 312 g/mol. The second-order valence-corrected chi connectivity index (χ2v) is 5.95. The second-order valence-electron chi connectivity index (χ2n) is 5.51. The van der Waals surface area contributed by atoms with Crippen molar-refractivity contribution in [3.8, 4) is 0 Å². The summed E-state index contributed by atoms with van der Waals surface area (Å²) >= 11 is 5.89. The number of benzene rings is 1. The minimum atomic E-state index is -1.28. The third kappa shape index (κ3) is 4.19. The van der Waals surface area contributed by atoms with Crippen molar-refractivity contribution in [2.75, 3.05) is 19.8 Å². The van der Waals surface area contributed by atoms with Crippen LogP contribution in [-0.2, 0) is 9.53 Å². The lowest BCUT2D eigenvalue weighted by Crippen LogP contribution is -2.51. The summed E-state index contributed by atoms with van der Waals surface area (Å²) in [5.41, 5.74) is -0.141. The van der Waals surface area contributed by atoms with Crippen molar-refractivity contribution in [3.05, 3.63) is 34.9 Å². The Morgan fingerprint density at radius 1 is 1.38 bits per heavy atom. The van der Waals surface area contributed by atoms with Gasteiger partial charge in [-0.2, -0.15) is 0 Å². The molecule has 0 saturated carbocycles. The molecule has 0 bridgehead atoms. The predicted molar refractivity (Wildman–Crippen MR) is 82.5 cm³/mol. The highest BCUT2D eigenvalue weighted by molar-refractivity contribution is 6.30. The van der Waals surface area contributed by atoms with Crippen LogP contribution in [0.2, 0.25) is 5.02 Å². The van der Waals surface area contributed by atoms with E-state index in [-0.39, 0.29) is 11.8 Å². The van der Waals surface area contributed by atoms with Gasteiger partial charge in [0.1, 0.15) is 5.60 Å². The fourth-order valence-electron chi connectivity index (χ4n) is 2.55. The highest BCUT2D eigenvalue weighted by Crippen LogP contribution is 2.23. The Labute approximate surface area is 130 Å². The van der Waals surface area contributed by atoms with Crippen molar-refractivity contribution >= 4 is 17.5 Å². The first-order chi connectivity index (χ1) is 10.0. The van der Waals surface area contributed by atoms with Gasteiger partial charge in [0, 0.05) is 43.5 Å². The zero-order valence-electron chi connectivity index (χ0n) is 12.3. The summed E-state index contributed by atoms with van der Waals surface area (Å²) in [4.78, 5) is 12.2. The summed E-state index contributed by atoms with van der Waals surface area (Å²) in [6.07, 6.45) is 1.62. The minimum absolute atomic E-state index is 0.217. The van der Waals surface area contributed by atoms with Crippen LogP contribution in [0, 0.1) is 0 Å². The summed E-state index contributed by atoms with van der Waals surface area (Å²) in [6, 6.07) is 7.67. The smallest absolute Gasteiger partial charge is 0.252 e. The molecule has 1 amide bonds. The number of amides is 1. The Hall–Kier alpha value is -1.10. The lowest BCUT2D eigenvalue weighted by Gasteiger charge is -2.31. The first kappa shape index (κ1) is 16.3. The van der Waals surface area contributed by atoms with E-state index in [2.05, 4.69) is 12.2 Å². The molecule has 0 aromatic heterocycles. The van der Waals surface area contributed by atoms with Crippen molar-refractivity contribution < 1.29 is 14.6 Å². The maximum absolute atomic E-state index is 12.2. The number of halogens is 1. The standard InChI is InChI=1S/C16H22ClNO3/c1-2-12(13-3-5-14(17)6-4-13)11-18-15(19)16(20)7-9-21-10-8-16/h3-6,12,20H,2,7-11H2,1H3,(H,18,19). The Balaban J connectivity index is 1.93. The zero-order chi connectivity index (χ0) is 15.3. The Morgan fingerprint density at radius 2 is 2.00 bits per heavy atom. The Bertz CT molecular complexity index is 469. The molecule has 2 N–H and O–H groups in total. The van der Waals surface area contributed by atoms with Gasteiger partial charge in [0.15, 0.2) is 0 Å². The first-order valence-corrected chi connectivity index (χ1v) is 7.77. The predicted octanol–water partition coefficient (Wildman–Crippen LogP) is 2.49. The number of hydrogen-bond acceptors (Lipinski definition) is 3. The van der Waals surface area contributed by atoms with E-state index in [4.69, 9.17) is 16.3 Å². The van der Waals surface area contributed by atoms with Crippen LogP contribution in [0.1, 0.15) is 37.7 Å². The van der Waals surface area contributed by atoms with Crippen LogP contribution >= 0.6 is 11.6 Å². The first-order valence-electron chi connectivity index (χ1n) is 7.39. The van der Waals surface area contributed by atoms with Gasteiger partial charge in [0.05, 0.1) is 0 Å². The summed E-state index contributed by atoms with van der Waals surface area (Å²) in [6.45, 7) is 3.45. The number of carbonyl (C=O) groups is 1. The molecular formula is C16H22ClNO3. The molecule has 0 radical (unpaired) electrons. The molecule has 1 aromatic rings. The molecule has 21 heavy (non-hydrogen) atoms. The van der Waals surface area contributed by atoms with Crippen LogP contribution in [0.25, 0.3) is 0 Å². The molecule has 1 fully saturated rings. The lowest BCUT2D eigenvalue weighted by molar-refractivity contribution is -0.149. The van der Waals surface area contributed by atoms with Crippen molar-refractivity contribution in [2.24, 2.45) is 0 Å². The summed E-state index contributed by atoms with van der Waals surface area (Å²) < 4.78 is 5.19. The molecule has 5 heteroatoms. The van der Waals surface area contributed by atoms with Crippen LogP contribution in [0.3, 0.4) is 0 Å². The zero-order valence-corrected chi connectivity index (χ0v) is 13.0. The quantitative estimate of drug-likeness (QED) is 0.878. The molecule has 116 valence electrons. The summed E-state index contributed by atoms with van der Waals surface area (Å²) in [5, 5.41) is 13.9. The van der Waals surface area contributed by atoms with Crippen molar-refractivity contribution in [3.63, 3.8) is 0 Å². The number of nitrogens with one attached hydrogen (secondary N) is 1. The molecule has 2 rings (SSSR count). The maximum Gasteiger partial charge on any atom is 0.252 e. The van der Waals surface area contributed by atoms with E-state index in [0.717, 1.165) is 12.0 Å². The fourth-order valence-corrected chi connectivity index (χ4v) is 2.68. The molecule has 1 aliphatic rings. The highest BCUT2D eigenvalue weighted by Gasteiger charge is 2.37. The van der Waals surface area contributed by atoms with Crippen LogP contribution < -0.4 is 5.32 Å². The molecular weight excluding hydrogens is 290 g/mol. The van der Waals surface area contributed by atoms with E-state index in [0.29, 0.717) is 37.6 Å². The SMILES string of the molecule is CCC(CNC(=O)C1(O)CCOCC1)c1ccc(Cl)cc1. The number of hydrogen-bond donors (Lipinski definition) is 2. The van der Waals surface area contributed by atoms with Crippen molar-refractivity contribution in [1.29, 1.82) is 0 Å². The van der Waals surface area contributed by atoms with E-state index in [1.165, 1.54) is 0 Å². The van der Waals surface area contributed by atoms with Crippen LogP contribution in [0.4, 0.5) is 0 Å². The number of aliphatic hydroxyl groups is 1. The largest absolute Gasteiger partial charge is 0.381 e. The third-order valence-electron chi connectivity index (χ3n) is 4.09. The van der Waals surface area contributed by atoms with Crippen LogP contribution in [0.15, 0.2) is 24.3 Å². The number of rotatable bonds is 5. The topological polar surface area (TPSA) is 58.6 Å². The second kappa shape index (κ2) is 7.25. The molecule has 0 spiro atoms. The molecule has 1 heterocycles. The molecule has 1 unspecified atom stereocenters.